The molecule has 0 saturated carbocycles. The largest absolute Gasteiger partial charge is 0.463 e. The zero-order valence-electron chi connectivity index (χ0n) is 9.77. The van der Waals surface area contributed by atoms with Crippen molar-refractivity contribution in [3.05, 3.63) is 39.9 Å². The maximum Gasteiger partial charge on any atom is 0.347 e. The van der Waals surface area contributed by atoms with Gasteiger partial charge in [-0.15, -0.1) is 0 Å². The lowest BCUT2D eigenvalue weighted by Crippen LogP contribution is -2.21. The van der Waals surface area contributed by atoms with Crippen LogP contribution >= 0.6 is 23.2 Å². The van der Waals surface area contributed by atoms with Gasteiger partial charge in [-0.2, -0.15) is 0 Å². The van der Waals surface area contributed by atoms with E-state index in [0.29, 0.717) is 22.0 Å². The van der Waals surface area contributed by atoms with Gasteiger partial charge in [0.2, 0.25) is 6.10 Å². The third-order valence-electron chi connectivity index (χ3n) is 2.50. The Morgan fingerprint density at radius 3 is 2.79 bits per heavy atom. The predicted molar refractivity (Wildman–Crippen MR) is 71.0 cm³/mol. The Labute approximate surface area is 119 Å². The molecule has 1 fully saturated rings. The highest BCUT2D eigenvalue weighted by Crippen LogP contribution is 2.23. The van der Waals surface area contributed by atoms with E-state index in [4.69, 9.17) is 27.9 Å². The first-order chi connectivity index (χ1) is 9.06. The van der Waals surface area contributed by atoms with Crippen molar-refractivity contribution in [2.75, 3.05) is 6.61 Å². The highest BCUT2D eigenvalue weighted by molar-refractivity contribution is 6.42. The SMILES string of the molecule is O=C(/C=C/c1ccc(Cl)c(Cl)c1)O[C@@H]1CCOC1=O. The standard InChI is InChI=1S/C13H10Cl2O4/c14-9-3-1-8(7-10(9)15)2-4-12(16)19-11-5-6-18-13(11)17/h1-4,7,11H,5-6H2/b4-2+/t11-/m1/s1. The van der Waals surface area contributed by atoms with Crippen molar-refractivity contribution in [1.29, 1.82) is 0 Å². The van der Waals surface area contributed by atoms with Crippen molar-refractivity contribution in [1.82, 2.24) is 0 Å². The molecule has 1 aliphatic heterocycles. The first kappa shape index (κ1) is 13.9. The summed E-state index contributed by atoms with van der Waals surface area (Å²) in [5, 5.41) is 0.839. The van der Waals surface area contributed by atoms with Gasteiger partial charge in [-0.1, -0.05) is 29.3 Å². The summed E-state index contributed by atoms with van der Waals surface area (Å²) < 4.78 is 9.63. The maximum atomic E-state index is 11.5. The fraction of sp³-hybridized carbons (Fsp3) is 0.231. The van der Waals surface area contributed by atoms with E-state index in [9.17, 15) is 9.59 Å². The van der Waals surface area contributed by atoms with Crippen molar-refractivity contribution in [3.8, 4) is 0 Å². The molecule has 0 radical (unpaired) electrons. The first-order valence-electron chi connectivity index (χ1n) is 5.56. The minimum Gasteiger partial charge on any atom is -0.463 e. The summed E-state index contributed by atoms with van der Waals surface area (Å²) in [4.78, 5) is 22.6. The maximum absolute atomic E-state index is 11.5. The van der Waals surface area contributed by atoms with Crippen molar-refractivity contribution in [2.24, 2.45) is 0 Å². The number of benzene rings is 1. The van der Waals surface area contributed by atoms with Crippen LogP contribution in [0, 0.1) is 0 Å². The Balaban J connectivity index is 1.96. The Morgan fingerprint density at radius 2 is 2.16 bits per heavy atom. The van der Waals surface area contributed by atoms with E-state index < -0.39 is 18.0 Å². The van der Waals surface area contributed by atoms with Crippen LogP contribution in [0.15, 0.2) is 24.3 Å². The molecule has 0 spiro atoms. The summed E-state index contributed by atoms with van der Waals surface area (Å²) in [7, 11) is 0. The molecule has 0 amide bonds. The van der Waals surface area contributed by atoms with Gasteiger partial charge >= 0.3 is 11.9 Å². The van der Waals surface area contributed by atoms with Crippen LogP contribution in [-0.4, -0.2) is 24.6 Å². The third kappa shape index (κ3) is 3.72. The number of halogens is 2. The molecule has 1 saturated heterocycles. The second-order valence-corrected chi connectivity index (χ2v) is 4.70. The number of carbonyl (C=O) groups is 2. The van der Waals surface area contributed by atoms with Crippen LogP contribution in [0.2, 0.25) is 10.0 Å². The number of hydrogen-bond donors (Lipinski definition) is 0. The van der Waals surface area contributed by atoms with Crippen LogP contribution in [0.3, 0.4) is 0 Å². The molecule has 1 heterocycles. The molecule has 1 aromatic carbocycles. The predicted octanol–water partition coefficient (Wildman–Crippen LogP) is 2.87. The van der Waals surface area contributed by atoms with Crippen molar-refractivity contribution < 1.29 is 19.1 Å². The minimum atomic E-state index is -0.800. The van der Waals surface area contributed by atoms with Crippen LogP contribution in [-0.2, 0) is 19.1 Å². The second kappa shape index (κ2) is 6.08. The molecule has 1 aliphatic rings. The van der Waals surface area contributed by atoms with Gasteiger partial charge in [0.15, 0.2) is 0 Å². The average molecular weight is 301 g/mol. The molecular weight excluding hydrogens is 291 g/mol. The van der Waals surface area contributed by atoms with Crippen LogP contribution in [0.4, 0.5) is 0 Å². The summed E-state index contributed by atoms with van der Waals surface area (Å²) in [6.07, 6.45) is 2.35. The monoisotopic (exact) mass is 300 g/mol. The molecule has 1 aromatic rings. The first-order valence-corrected chi connectivity index (χ1v) is 6.32. The number of ether oxygens (including phenoxy) is 2. The van der Waals surface area contributed by atoms with Gasteiger partial charge in [-0.25, -0.2) is 9.59 Å². The number of esters is 2. The van der Waals surface area contributed by atoms with Crippen LogP contribution in [0.1, 0.15) is 12.0 Å². The zero-order valence-corrected chi connectivity index (χ0v) is 11.3. The molecule has 100 valence electrons. The van der Waals surface area contributed by atoms with Crippen molar-refractivity contribution in [2.45, 2.75) is 12.5 Å². The van der Waals surface area contributed by atoms with Gasteiger partial charge in [-0.3, -0.25) is 0 Å². The zero-order chi connectivity index (χ0) is 13.8. The van der Waals surface area contributed by atoms with Gasteiger partial charge in [0.1, 0.15) is 0 Å². The summed E-state index contributed by atoms with van der Waals surface area (Å²) >= 11 is 11.6. The lowest BCUT2D eigenvalue weighted by molar-refractivity contribution is -0.156. The molecule has 0 bridgehead atoms. The van der Waals surface area contributed by atoms with Gasteiger partial charge in [0.25, 0.3) is 0 Å². The fourth-order valence-electron chi connectivity index (χ4n) is 1.54. The number of carbonyl (C=O) groups excluding carboxylic acids is 2. The van der Waals surface area contributed by atoms with Gasteiger partial charge in [-0.05, 0) is 23.8 Å². The number of rotatable bonds is 3. The molecule has 1 atom stereocenters. The van der Waals surface area contributed by atoms with Crippen molar-refractivity contribution in [3.63, 3.8) is 0 Å². The summed E-state index contributed by atoms with van der Waals surface area (Å²) in [6.45, 7) is 0.285. The molecule has 0 unspecified atom stereocenters. The minimum absolute atomic E-state index is 0.285. The Hall–Kier alpha value is -1.52. The van der Waals surface area contributed by atoms with Crippen LogP contribution < -0.4 is 0 Å². The van der Waals surface area contributed by atoms with E-state index in [1.54, 1.807) is 18.2 Å². The molecule has 19 heavy (non-hydrogen) atoms. The summed E-state index contributed by atoms with van der Waals surface area (Å²) in [6, 6.07) is 4.96. The number of hydrogen-bond acceptors (Lipinski definition) is 4. The lowest BCUT2D eigenvalue weighted by Gasteiger charge is -2.05. The summed E-state index contributed by atoms with van der Waals surface area (Å²) in [5.41, 5.74) is 0.709. The van der Waals surface area contributed by atoms with Gasteiger partial charge < -0.3 is 9.47 Å². The Kier molecular flexibility index (Phi) is 4.45. The second-order valence-electron chi connectivity index (χ2n) is 3.89. The molecular formula is C13H10Cl2O4. The van der Waals surface area contributed by atoms with Crippen LogP contribution in [0.25, 0.3) is 6.08 Å². The molecule has 2 rings (SSSR count). The molecule has 0 N–H and O–H groups in total. The van der Waals surface area contributed by atoms with E-state index in [1.807, 2.05) is 0 Å². The summed E-state index contributed by atoms with van der Waals surface area (Å²) in [5.74, 6) is -1.11. The van der Waals surface area contributed by atoms with E-state index in [2.05, 4.69) is 4.74 Å². The van der Waals surface area contributed by atoms with E-state index in [-0.39, 0.29) is 6.61 Å². The highest BCUT2D eigenvalue weighted by Gasteiger charge is 2.29. The van der Waals surface area contributed by atoms with E-state index >= 15 is 0 Å². The van der Waals surface area contributed by atoms with Crippen molar-refractivity contribution >= 4 is 41.2 Å². The molecule has 0 aliphatic carbocycles. The topological polar surface area (TPSA) is 52.6 Å². The molecule has 0 aromatic heterocycles. The van der Waals surface area contributed by atoms with E-state index in [0.717, 1.165) is 0 Å². The quantitative estimate of drug-likeness (QED) is 0.636. The fourth-order valence-corrected chi connectivity index (χ4v) is 1.85. The Morgan fingerprint density at radius 1 is 1.37 bits per heavy atom. The smallest absolute Gasteiger partial charge is 0.347 e. The van der Waals surface area contributed by atoms with Crippen LogP contribution in [0.5, 0.6) is 0 Å². The Bertz CT molecular complexity index is 539. The third-order valence-corrected chi connectivity index (χ3v) is 3.24. The molecule has 6 heteroatoms. The molecule has 4 nitrogen and oxygen atoms in total. The number of cyclic esters (lactones) is 1. The lowest BCUT2D eigenvalue weighted by atomic mass is 10.2. The normalized spacial score (nSPS) is 18.6. The highest BCUT2D eigenvalue weighted by atomic mass is 35.5. The van der Waals surface area contributed by atoms with Gasteiger partial charge in [0, 0.05) is 12.5 Å². The average Bonchev–Trinajstić information content (AvgIpc) is 2.77. The van der Waals surface area contributed by atoms with Gasteiger partial charge in [0.05, 0.1) is 16.7 Å². The van der Waals surface area contributed by atoms with E-state index in [1.165, 1.54) is 12.2 Å².